The Morgan fingerprint density at radius 1 is 0.688 bits per heavy atom. The summed E-state index contributed by atoms with van der Waals surface area (Å²) in [6.07, 6.45) is 1.67. The molecule has 0 aliphatic rings. The number of aryl methyl sites for hydroxylation is 1. The number of amides is 1. The van der Waals surface area contributed by atoms with Crippen molar-refractivity contribution in [1.29, 1.82) is 0 Å². The molecule has 0 spiro atoms. The van der Waals surface area contributed by atoms with Crippen LogP contribution in [0, 0.1) is 6.92 Å². The summed E-state index contributed by atoms with van der Waals surface area (Å²) in [6, 6.07) is 37.6. The Hall–Kier alpha value is -3.68. The van der Waals surface area contributed by atoms with Gasteiger partial charge in [-0.05, 0) is 19.1 Å². The number of benzene rings is 4. The largest absolute Gasteiger partial charge is 0.462 e. The molecule has 4 aromatic carbocycles. The van der Waals surface area contributed by atoms with Gasteiger partial charge < -0.3 is 9.84 Å². The average molecular weight is 437 g/mol. The average Bonchev–Trinajstić information content (AvgIpc) is 2.86. The summed E-state index contributed by atoms with van der Waals surface area (Å²) in [4.78, 5) is 12.7. The number of nitrogens with one attached hydrogen (secondary N) is 1. The molecule has 0 aliphatic heterocycles. The van der Waals surface area contributed by atoms with Gasteiger partial charge in [-0.15, -0.1) is 0 Å². The van der Waals surface area contributed by atoms with E-state index in [1.165, 1.54) is 0 Å². The molecule has 0 radical (unpaired) electrons. The smallest absolute Gasteiger partial charge is 0.255 e. The maximum atomic E-state index is 12.7. The van der Waals surface area contributed by atoms with Gasteiger partial charge in [0.25, 0.3) is 5.91 Å². The van der Waals surface area contributed by atoms with Crippen LogP contribution in [0.15, 0.2) is 121 Å². The zero-order chi connectivity index (χ0) is 22.2. The first kappa shape index (κ1) is 21.5. The van der Waals surface area contributed by atoms with Gasteiger partial charge in [-0.3, -0.25) is 4.79 Å². The van der Waals surface area contributed by atoms with Gasteiger partial charge in [0.2, 0.25) is 0 Å². The van der Waals surface area contributed by atoms with Crippen LogP contribution in [0.2, 0.25) is 0 Å². The molecular weight excluding hydrogens is 413 g/mol. The maximum absolute atomic E-state index is 12.7. The van der Waals surface area contributed by atoms with E-state index < -0.39 is 8.15 Å². The molecule has 0 bridgehead atoms. The molecule has 4 heteroatoms. The lowest BCUT2D eigenvalue weighted by Crippen LogP contribution is -2.19. The number of hydrogen-bond donors (Lipinski definition) is 1. The quantitative estimate of drug-likeness (QED) is 0.294. The van der Waals surface area contributed by atoms with E-state index in [-0.39, 0.29) is 5.91 Å². The van der Waals surface area contributed by atoms with Gasteiger partial charge in [0.1, 0.15) is 5.76 Å². The lowest BCUT2D eigenvalue weighted by molar-refractivity contribution is 0.0969. The van der Waals surface area contributed by atoms with Crippen LogP contribution in [0.25, 0.3) is 5.76 Å². The van der Waals surface area contributed by atoms with Crippen LogP contribution < -0.4 is 15.9 Å². The molecule has 0 heterocycles. The van der Waals surface area contributed by atoms with E-state index in [2.05, 4.69) is 29.6 Å². The predicted molar refractivity (Wildman–Crippen MR) is 133 cm³/mol. The van der Waals surface area contributed by atoms with E-state index >= 15 is 0 Å². The van der Waals surface area contributed by atoms with Crippen molar-refractivity contribution < 1.29 is 9.32 Å². The van der Waals surface area contributed by atoms with E-state index in [9.17, 15) is 4.79 Å². The van der Waals surface area contributed by atoms with Gasteiger partial charge >= 0.3 is 0 Å². The molecule has 1 N–H and O–H groups in total. The van der Waals surface area contributed by atoms with Crippen molar-refractivity contribution in [3.05, 3.63) is 138 Å². The normalized spacial score (nSPS) is 11.2. The summed E-state index contributed by atoms with van der Waals surface area (Å²) in [6.45, 7) is 2.05. The first-order valence-corrected chi connectivity index (χ1v) is 11.7. The zero-order valence-corrected chi connectivity index (χ0v) is 18.7. The Labute approximate surface area is 190 Å². The summed E-state index contributed by atoms with van der Waals surface area (Å²) in [7, 11) is -1.13. The van der Waals surface area contributed by atoms with Gasteiger partial charge in [-0.25, -0.2) is 0 Å². The third-order valence-electron chi connectivity index (χ3n) is 4.88. The lowest BCUT2D eigenvalue weighted by atomic mass is 10.1. The second-order valence-corrected chi connectivity index (χ2v) is 9.07. The third-order valence-corrected chi connectivity index (χ3v) is 6.79. The molecule has 4 aromatic rings. The maximum Gasteiger partial charge on any atom is 0.255 e. The molecule has 0 aliphatic carbocycles. The molecular formula is C28H24NO2P. The molecule has 3 nitrogen and oxygen atoms in total. The molecule has 1 amide bonds. The van der Waals surface area contributed by atoms with E-state index in [1.807, 2.05) is 85.8 Å². The van der Waals surface area contributed by atoms with Crippen LogP contribution in [0.1, 0.15) is 21.5 Å². The highest BCUT2D eigenvalue weighted by molar-refractivity contribution is 7.68. The minimum Gasteiger partial charge on any atom is -0.462 e. The van der Waals surface area contributed by atoms with Gasteiger partial charge in [-0.2, -0.15) is 0 Å². The fourth-order valence-electron chi connectivity index (χ4n) is 3.16. The number of carbonyl (C=O) groups is 1. The highest BCUT2D eigenvalue weighted by atomic mass is 31.1. The number of carbonyl (C=O) groups excluding carboxylic acids is 1. The molecule has 0 saturated carbocycles. The second-order valence-electron chi connectivity index (χ2n) is 7.27. The summed E-state index contributed by atoms with van der Waals surface area (Å²) >= 11 is 0. The van der Waals surface area contributed by atoms with Crippen LogP contribution in [0.4, 0.5) is 0 Å². The SMILES string of the molecule is Cc1ccc(C(=CNC(=O)c2ccccc2)OP(c2ccccc2)c2ccccc2)cc1. The van der Waals surface area contributed by atoms with E-state index in [1.54, 1.807) is 18.3 Å². The van der Waals surface area contributed by atoms with E-state index in [4.69, 9.17) is 4.52 Å². The van der Waals surface area contributed by atoms with Crippen LogP contribution in [0.3, 0.4) is 0 Å². The standard InChI is InChI=1S/C28H24NO2P/c1-22-17-19-23(20-18-22)27(21-29-28(30)24-11-5-2-6-12-24)31-32(25-13-7-3-8-14-25)26-15-9-4-10-16-26/h2-21H,1H3,(H,29,30). The minimum atomic E-state index is -1.13. The van der Waals surface area contributed by atoms with Crippen molar-refractivity contribution in [2.75, 3.05) is 0 Å². The minimum absolute atomic E-state index is 0.178. The monoisotopic (exact) mass is 437 g/mol. The summed E-state index contributed by atoms with van der Waals surface area (Å²) in [5.41, 5.74) is 2.67. The van der Waals surface area contributed by atoms with Crippen LogP contribution in [-0.2, 0) is 4.52 Å². The second kappa shape index (κ2) is 10.6. The Balaban J connectivity index is 1.69. The van der Waals surface area contributed by atoms with Crippen molar-refractivity contribution in [3.63, 3.8) is 0 Å². The van der Waals surface area contributed by atoms with Gasteiger partial charge in [-0.1, -0.05) is 109 Å². The van der Waals surface area contributed by atoms with Crippen molar-refractivity contribution >= 4 is 30.4 Å². The Morgan fingerprint density at radius 3 is 1.72 bits per heavy atom. The molecule has 32 heavy (non-hydrogen) atoms. The summed E-state index contributed by atoms with van der Waals surface area (Å²) < 4.78 is 6.65. The van der Waals surface area contributed by atoms with Crippen molar-refractivity contribution in [2.45, 2.75) is 6.92 Å². The Morgan fingerprint density at radius 2 is 1.19 bits per heavy atom. The lowest BCUT2D eigenvalue weighted by Gasteiger charge is -2.21. The molecule has 4 rings (SSSR count). The number of hydrogen-bond acceptors (Lipinski definition) is 2. The highest BCUT2D eigenvalue weighted by Gasteiger charge is 2.19. The molecule has 158 valence electrons. The molecule has 0 aromatic heterocycles. The van der Waals surface area contributed by atoms with Crippen molar-refractivity contribution in [3.8, 4) is 0 Å². The van der Waals surface area contributed by atoms with E-state index in [0.29, 0.717) is 11.3 Å². The zero-order valence-electron chi connectivity index (χ0n) is 17.8. The van der Waals surface area contributed by atoms with Gasteiger partial charge in [0.05, 0.1) is 0 Å². The Bertz CT molecular complexity index is 1140. The van der Waals surface area contributed by atoms with Crippen LogP contribution >= 0.6 is 8.15 Å². The fourth-order valence-corrected chi connectivity index (χ4v) is 4.91. The molecule has 0 fully saturated rings. The first-order valence-electron chi connectivity index (χ1n) is 10.4. The summed E-state index contributed by atoms with van der Waals surface area (Å²) in [5.74, 6) is 0.440. The van der Waals surface area contributed by atoms with Crippen LogP contribution in [0.5, 0.6) is 0 Å². The van der Waals surface area contributed by atoms with Crippen LogP contribution in [-0.4, -0.2) is 5.91 Å². The highest BCUT2D eigenvalue weighted by Crippen LogP contribution is 2.40. The number of rotatable bonds is 7. The first-order chi connectivity index (χ1) is 15.7. The molecule has 0 saturated heterocycles. The third kappa shape index (κ3) is 5.51. The predicted octanol–water partition coefficient (Wildman–Crippen LogP) is 5.79. The molecule has 0 atom stereocenters. The van der Waals surface area contributed by atoms with Crippen molar-refractivity contribution in [2.24, 2.45) is 0 Å². The fraction of sp³-hybridized carbons (Fsp3) is 0.0357. The summed E-state index contributed by atoms with van der Waals surface area (Å²) in [5, 5.41) is 5.10. The van der Waals surface area contributed by atoms with E-state index in [0.717, 1.165) is 21.7 Å². The van der Waals surface area contributed by atoms with Crippen molar-refractivity contribution in [1.82, 2.24) is 5.32 Å². The van der Waals surface area contributed by atoms with Gasteiger partial charge in [0.15, 0.2) is 8.15 Å². The van der Waals surface area contributed by atoms with Gasteiger partial charge in [0, 0.05) is 27.9 Å². The topological polar surface area (TPSA) is 38.3 Å². The molecule has 0 unspecified atom stereocenters. The Kier molecular flexibility index (Phi) is 7.12.